The molecule has 0 N–H and O–H groups in total. The van der Waals surface area contributed by atoms with Crippen molar-refractivity contribution >= 4 is 5.91 Å². The van der Waals surface area contributed by atoms with Crippen LogP contribution in [-0.2, 0) is 14.9 Å². The van der Waals surface area contributed by atoms with Crippen LogP contribution < -0.4 is 0 Å². The van der Waals surface area contributed by atoms with Crippen LogP contribution >= 0.6 is 0 Å². The first-order chi connectivity index (χ1) is 11.2. The van der Waals surface area contributed by atoms with Gasteiger partial charge in [-0.05, 0) is 55.2 Å². The molecule has 3 nitrogen and oxygen atoms in total. The number of carbonyl (C=O) groups excluding carboxylic acids is 1. The Morgan fingerprint density at radius 3 is 2.52 bits per heavy atom. The molecule has 124 valence electrons. The van der Waals surface area contributed by atoms with Crippen molar-refractivity contribution < 1.29 is 13.9 Å². The third-order valence-electron chi connectivity index (χ3n) is 6.15. The van der Waals surface area contributed by atoms with Crippen LogP contribution in [0.1, 0.15) is 37.7 Å². The molecule has 1 aromatic carbocycles. The molecule has 2 saturated heterocycles. The van der Waals surface area contributed by atoms with E-state index in [1.165, 1.54) is 25.3 Å². The van der Waals surface area contributed by atoms with E-state index in [9.17, 15) is 9.18 Å². The molecule has 23 heavy (non-hydrogen) atoms. The van der Waals surface area contributed by atoms with E-state index in [2.05, 4.69) is 4.90 Å². The van der Waals surface area contributed by atoms with Crippen LogP contribution in [0.2, 0.25) is 0 Å². The molecule has 4 heteroatoms. The quantitative estimate of drug-likeness (QED) is 0.839. The number of amides is 1. The fourth-order valence-electron chi connectivity index (χ4n) is 4.84. The van der Waals surface area contributed by atoms with Crippen LogP contribution in [0.5, 0.6) is 0 Å². The fourth-order valence-corrected chi connectivity index (χ4v) is 4.84. The number of likely N-dealkylation sites (tertiary alicyclic amines) is 1. The molecule has 1 aromatic rings. The maximum Gasteiger partial charge on any atom is 0.233 e. The summed E-state index contributed by atoms with van der Waals surface area (Å²) in [6.07, 6.45) is 5.12. The van der Waals surface area contributed by atoms with Crippen molar-refractivity contribution in [2.24, 2.45) is 11.8 Å². The Bertz CT molecular complexity index is 585. The third-order valence-corrected chi connectivity index (χ3v) is 6.15. The van der Waals surface area contributed by atoms with Gasteiger partial charge in [-0.25, -0.2) is 4.39 Å². The number of hydrogen-bond donors (Lipinski definition) is 0. The van der Waals surface area contributed by atoms with Crippen molar-refractivity contribution in [2.75, 3.05) is 26.3 Å². The van der Waals surface area contributed by atoms with E-state index < -0.39 is 5.41 Å². The molecule has 0 radical (unpaired) electrons. The molecule has 2 atom stereocenters. The summed E-state index contributed by atoms with van der Waals surface area (Å²) >= 11 is 0. The monoisotopic (exact) mass is 317 g/mol. The Balaban J connectivity index is 1.64. The van der Waals surface area contributed by atoms with Gasteiger partial charge in [0.25, 0.3) is 0 Å². The van der Waals surface area contributed by atoms with Gasteiger partial charge < -0.3 is 9.64 Å². The lowest BCUT2D eigenvalue weighted by Crippen LogP contribution is -2.49. The van der Waals surface area contributed by atoms with Crippen LogP contribution in [0.15, 0.2) is 24.3 Å². The molecule has 4 rings (SSSR count). The van der Waals surface area contributed by atoms with Gasteiger partial charge in [0.1, 0.15) is 5.82 Å². The second-order valence-corrected chi connectivity index (χ2v) is 7.37. The summed E-state index contributed by atoms with van der Waals surface area (Å²) in [4.78, 5) is 15.5. The Hall–Kier alpha value is -1.42. The lowest BCUT2D eigenvalue weighted by Gasteiger charge is -2.39. The van der Waals surface area contributed by atoms with Gasteiger partial charge in [-0.2, -0.15) is 0 Å². The zero-order chi connectivity index (χ0) is 15.9. The van der Waals surface area contributed by atoms with Crippen molar-refractivity contribution in [1.29, 1.82) is 0 Å². The van der Waals surface area contributed by atoms with Gasteiger partial charge in [-0.3, -0.25) is 4.79 Å². The van der Waals surface area contributed by atoms with Gasteiger partial charge in [-0.15, -0.1) is 0 Å². The second kappa shape index (κ2) is 5.90. The number of halogens is 1. The summed E-state index contributed by atoms with van der Waals surface area (Å²) in [5, 5.41) is 0. The number of ether oxygens (including phenoxy) is 1. The Morgan fingerprint density at radius 2 is 1.87 bits per heavy atom. The molecule has 3 fully saturated rings. The predicted molar refractivity (Wildman–Crippen MR) is 85.5 cm³/mol. The lowest BCUT2D eigenvalue weighted by molar-refractivity contribution is -0.140. The molecule has 2 unspecified atom stereocenters. The average molecular weight is 317 g/mol. The Labute approximate surface area is 136 Å². The summed E-state index contributed by atoms with van der Waals surface area (Å²) in [5.74, 6) is 1.30. The van der Waals surface area contributed by atoms with Gasteiger partial charge in [-0.1, -0.05) is 18.6 Å². The van der Waals surface area contributed by atoms with Gasteiger partial charge in [0, 0.05) is 26.3 Å². The first kappa shape index (κ1) is 15.1. The minimum absolute atomic E-state index is 0.195. The van der Waals surface area contributed by atoms with E-state index in [-0.39, 0.29) is 11.7 Å². The van der Waals surface area contributed by atoms with Crippen LogP contribution in [0.25, 0.3) is 0 Å². The molecule has 0 bridgehead atoms. The zero-order valence-electron chi connectivity index (χ0n) is 13.5. The molecule has 1 saturated carbocycles. The summed E-state index contributed by atoms with van der Waals surface area (Å²) < 4.78 is 19.3. The van der Waals surface area contributed by atoms with Crippen LogP contribution in [0.3, 0.4) is 0 Å². The van der Waals surface area contributed by atoms with Crippen LogP contribution in [0.4, 0.5) is 4.39 Å². The highest BCUT2D eigenvalue weighted by Crippen LogP contribution is 2.42. The molecular weight excluding hydrogens is 293 g/mol. The van der Waals surface area contributed by atoms with E-state index in [0.717, 1.165) is 18.7 Å². The topological polar surface area (TPSA) is 29.5 Å². The maximum atomic E-state index is 13.8. The first-order valence-electron chi connectivity index (χ1n) is 8.82. The number of carbonyl (C=O) groups is 1. The molecule has 2 aliphatic heterocycles. The molecule has 1 amide bonds. The van der Waals surface area contributed by atoms with Gasteiger partial charge >= 0.3 is 0 Å². The summed E-state index contributed by atoms with van der Waals surface area (Å²) in [6, 6.07) is 6.61. The summed E-state index contributed by atoms with van der Waals surface area (Å²) in [7, 11) is 0. The minimum atomic E-state index is -0.598. The van der Waals surface area contributed by atoms with E-state index >= 15 is 0 Å². The van der Waals surface area contributed by atoms with Gasteiger partial charge in [0.05, 0.1) is 5.41 Å². The normalized spacial score (nSPS) is 29.5. The number of benzene rings is 1. The largest absolute Gasteiger partial charge is 0.381 e. The van der Waals surface area contributed by atoms with Crippen molar-refractivity contribution in [1.82, 2.24) is 4.90 Å². The highest BCUT2D eigenvalue weighted by atomic mass is 19.1. The molecule has 3 aliphatic rings. The van der Waals surface area contributed by atoms with E-state index in [1.54, 1.807) is 12.1 Å². The molecule has 0 aromatic heterocycles. The third kappa shape index (κ3) is 2.57. The van der Waals surface area contributed by atoms with Crippen molar-refractivity contribution in [3.8, 4) is 0 Å². The molecule has 1 aliphatic carbocycles. The van der Waals surface area contributed by atoms with Crippen molar-refractivity contribution in [3.05, 3.63) is 35.6 Å². The van der Waals surface area contributed by atoms with Gasteiger partial charge in [0.2, 0.25) is 5.91 Å². The number of hydrogen-bond acceptors (Lipinski definition) is 2. The number of rotatable bonds is 2. The lowest BCUT2D eigenvalue weighted by atomic mass is 9.73. The SMILES string of the molecule is O=C(N1CC2CCCC2C1)C1(c2cccc(F)c2)CCOCC1. The second-order valence-electron chi connectivity index (χ2n) is 7.37. The van der Waals surface area contributed by atoms with Crippen molar-refractivity contribution in [2.45, 2.75) is 37.5 Å². The molecule has 2 heterocycles. The van der Waals surface area contributed by atoms with Gasteiger partial charge in [0.15, 0.2) is 0 Å². The Morgan fingerprint density at radius 1 is 1.17 bits per heavy atom. The highest BCUT2D eigenvalue weighted by Gasteiger charge is 2.48. The summed E-state index contributed by atoms with van der Waals surface area (Å²) in [6.45, 7) is 2.93. The van der Waals surface area contributed by atoms with E-state index in [4.69, 9.17) is 4.74 Å². The van der Waals surface area contributed by atoms with Crippen LogP contribution in [-0.4, -0.2) is 37.1 Å². The fraction of sp³-hybridized carbons (Fsp3) is 0.632. The molecular formula is C19H24FNO2. The Kier molecular flexibility index (Phi) is 3.88. The number of nitrogens with zero attached hydrogens (tertiary/aromatic N) is 1. The average Bonchev–Trinajstić information content (AvgIpc) is 3.16. The summed E-state index contributed by atoms with van der Waals surface area (Å²) in [5.41, 5.74) is 0.224. The predicted octanol–water partition coefficient (Wildman–Crippen LogP) is 3.13. The standard InChI is InChI=1S/C19H24FNO2/c20-17-6-2-5-16(11-17)19(7-9-23-10-8-19)18(22)21-12-14-3-1-4-15(14)13-21/h2,5-6,11,14-15H,1,3-4,7-10,12-13H2. The zero-order valence-corrected chi connectivity index (χ0v) is 13.5. The minimum Gasteiger partial charge on any atom is -0.381 e. The molecule has 0 spiro atoms. The number of fused-ring (bicyclic) bond motifs is 1. The maximum absolute atomic E-state index is 13.8. The van der Waals surface area contributed by atoms with Crippen molar-refractivity contribution in [3.63, 3.8) is 0 Å². The first-order valence-corrected chi connectivity index (χ1v) is 8.82. The smallest absolute Gasteiger partial charge is 0.233 e. The van der Waals surface area contributed by atoms with Crippen LogP contribution in [0, 0.1) is 17.7 Å². The van der Waals surface area contributed by atoms with E-state index in [1.807, 2.05) is 6.07 Å². The highest BCUT2D eigenvalue weighted by molar-refractivity contribution is 5.88. The van der Waals surface area contributed by atoms with E-state index in [0.29, 0.717) is 37.9 Å².